The van der Waals surface area contributed by atoms with Crippen molar-refractivity contribution in [1.29, 1.82) is 0 Å². The molecule has 1 aliphatic heterocycles. The van der Waals surface area contributed by atoms with E-state index in [1.165, 1.54) is 18.0 Å². The lowest BCUT2D eigenvalue weighted by Gasteiger charge is -2.33. The van der Waals surface area contributed by atoms with Gasteiger partial charge in [-0.1, -0.05) is 37.2 Å². The summed E-state index contributed by atoms with van der Waals surface area (Å²) >= 11 is 7.38. The van der Waals surface area contributed by atoms with Gasteiger partial charge in [-0.15, -0.1) is 0 Å². The molecule has 1 unspecified atom stereocenters. The van der Waals surface area contributed by atoms with Gasteiger partial charge in [-0.3, -0.25) is 9.69 Å². The number of nitrogens with one attached hydrogen (secondary N) is 1. The fourth-order valence-electron chi connectivity index (χ4n) is 2.48. The minimum Gasteiger partial charge on any atom is -0.374 e. The van der Waals surface area contributed by atoms with Crippen molar-refractivity contribution in [2.75, 3.05) is 39.0 Å². The topological polar surface area (TPSA) is 67.4 Å². The van der Waals surface area contributed by atoms with Gasteiger partial charge < -0.3 is 10.1 Å². The van der Waals surface area contributed by atoms with Crippen LogP contribution in [-0.2, 0) is 4.74 Å². The lowest BCUT2D eigenvalue weighted by atomic mass is 10.2. The van der Waals surface area contributed by atoms with Crippen molar-refractivity contribution in [2.45, 2.75) is 25.1 Å². The number of amides is 1. The van der Waals surface area contributed by atoms with Gasteiger partial charge >= 0.3 is 0 Å². The summed E-state index contributed by atoms with van der Waals surface area (Å²) in [7, 11) is 0. The minimum atomic E-state index is -0.294. The molecule has 1 amide bonds. The van der Waals surface area contributed by atoms with Crippen molar-refractivity contribution in [3.63, 3.8) is 0 Å². The maximum Gasteiger partial charge on any atom is 0.271 e. The lowest BCUT2D eigenvalue weighted by Crippen LogP contribution is -2.48. The first-order chi connectivity index (χ1) is 11.0. The first kappa shape index (κ1) is 18.4. The molecule has 128 valence electrons. The van der Waals surface area contributed by atoms with Crippen molar-refractivity contribution in [3.05, 3.63) is 16.9 Å². The van der Waals surface area contributed by atoms with Gasteiger partial charge in [0.1, 0.15) is 0 Å². The van der Waals surface area contributed by atoms with E-state index in [1.54, 1.807) is 0 Å². The van der Waals surface area contributed by atoms with Crippen molar-refractivity contribution in [1.82, 2.24) is 20.2 Å². The molecule has 2 rings (SSSR count). The molecule has 1 saturated heterocycles. The molecule has 6 nitrogen and oxygen atoms in total. The van der Waals surface area contributed by atoms with Crippen LogP contribution in [0.2, 0.25) is 5.02 Å². The molecule has 0 spiro atoms. The quantitative estimate of drug-likeness (QED) is 0.619. The van der Waals surface area contributed by atoms with Crippen LogP contribution in [0.4, 0.5) is 0 Å². The van der Waals surface area contributed by atoms with Gasteiger partial charge in [0, 0.05) is 26.2 Å². The fourth-order valence-corrected chi connectivity index (χ4v) is 3.00. The van der Waals surface area contributed by atoms with Crippen molar-refractivity contribution in [2.24, 2.45) is 5.92 Å². The SMILES string of the molecule is CSc1ncc(Cl)c(C(=O)NCC2CN(CC(C)C)CCO2)n1. The van der Waals surface area contributed by atoms with Crippen LogP contribution < -0.4 is 5.32 Å². The van der Waals surface area contributed by atoms with Crippen LogP contribution >= 0.6 is 23.4 Å². The summed E-state index contributed by atoms with van der Waals surface area (Å²) < 4.78 is 5.72. The Morgan fingerprint density at radius 2 is 2.39 bits per heavy atom. The molecule has 1 atom stereocenters. The Labute approximate surface area is 146 Å². The summed E-state index contributed by atoms with van der Waals surface area (Å²) in [4.78, 5) is 22.8. The zero-order chi connectivity index (χ0) is 16.8. The Bertz CT molecular complexity index is 544. The molecular formula is C15H23ClN4O2S. The normalized spacial score (nSPS) is 19.1. The molecule has 2 heterocycles. The van der Waals surface area contributed by atoms with E-state index in [0.29, 0.717) is 24.2 Å². The summed E-state index contributed by atoms with van der Waals surface area (Å²) in [6.07, 6.45) is 3.30. The Morgan fingerprint density at radius 3 is 3.09 bits per heavy atom. The average Bonchev–Trinajstić information content (AvgIpc) is 2.53. The number of rotatable bonds is 6. The third kappa shape index (κ3) is 5.60. The summed E-state index contributed by atoms with van der Waals surface area (Å²) in [6.45, 7) is 8.35. The maximum absolute atomic E-state index is 12.3. The number of carbonyl (C=O) groups excluding carboxylic acids is 1. The highest BCUT2D eigenvalue weighted by Gasteiger charge is 2.22. The van der Waals surface area contributed by atoms with Gasteiger partial charge in [0.05, 0.1) is 23.9 Å². The summed E-state index contributed by atoms with van der Waals surface area (Å²) in [5.41, 5.74) is 0.209. The number of carbonyl (C=O) groups is 1. The van der Waals surface area contributed by atoms with Crippen LogP contribution in [0, 0.1) is 5.92 Å². The number of aromatic nitrogens is 2. The highest BCUT2D eigenvalue weighted by Crippen LogP contribution is 2.16. The van der Waals surface area contributed by atoms with Gasteiger partial charge in [-0.25, -0.2) is 9.97 Å². The predicted molar refractivity (Wildman–Crippen MR) is 92.2 cm³/mol. The van der Waals surface area contributed by atoms with Gasteiger partial charge in [0.25, 0.3) is 5.91 Å². The Morgan fingerprint density at radius 1 is 1.61 bits per heavy atom. The van der Waals surface area contributed by atoms with E-state index in [0.717, 1.165) is 19.6 Å². The molecule has 0 bridgehead atoms. The van der Waals surface area contributed by atoms with Gasteiger partial charge in [-0.05, 0) is 12.2 Å². The van der Waals surface area contributed by atoms with Crippen LogP contribution in [0.5, 0.6) is 0 Å². The molecule has 0 aliphatic carbocycles. The standard InChI is InChI=1S/C15H23ClN4O2S/c1-10(2)8-20-4-5-22-11(9-20)6-17-14(21)13-12(16)7-18-15(19-13)23-3/h7,10-11H,4-6,8-9H2,1-3H3,(H,17,21). The second-order valence-electron chi connectivity index (χ2n) is 5.91. The van der Waals surface area contributed by atoms with Crippen LogP contribution in [0.25, 0.3) is 0 Å². The van der Waals surface area contributed by atoms with Crippen LogP contribution in [-0.4, -0.2) is 65.9 Å². The smallest absolute Gasteiger partial charge is 0.271 e. The summed E-state index contributed by atoms with van der Waals surface area (Å²) in [6, 6.07) is 0. The monoisotopic (exact) mass is 358 g/mol. The lowest BCUT2D eigenvalue weighted by molar-refractivity contribution is -0.0295. The first-order valence-electron chi connectivity index (χ1n) is 7.68. The fraction of sp³-hybridized carbons (Fsp3) is 0.667. The number of hydrogen-bond acceptors (Lipinski definition) is 6. The molecule has 8 heteroatoms. The molecular weight excluding hydrogens is 336 g/mol. The highest BCUT2D eigenvalue weighted by molar-refractivity contribution is 7.98. The number of nitrogens with zero attached hydrogens (tertiary/aromatic N) is 3. The van der Waals surface area contributed by atoms with Crippen LogP contribution in [0.15, 0.2) is 11.4 Å². The van der Waals surface area contributed by atoms with Crippen LogP contribution in [0.1, 0.15) is 24.3 Å². The average molecular weight is 359 g/mol. The zero-order valence-corrected chi connectivity index (χ0v) is 15.3. The van der Waals surface area contributed by atoms with Crippen molar-refractivity contribution < 1.29 is 9.53 Å². The molecule has 0 radical (unpaired) electrons. The summed E-state index contributed by atoms with van der Waals surface area (Å²) in [5, 5.41) is 3.64. The van der Waals surface area contributed by atoms with Crippen molar-refractivity contribution in [3.8, 4) is 0 Å². The third-order valence-corrected chi connectivity index (χ3v) is 4.29. The minimum absolute atomic E-state index is 0.00733. The first-order valence-corrected chi connectivity index (χ1v) is 9.28. The molecule has 1 aliphatic rings. The zero-order valence-electron chi connectivity index (χ0n) is 13.7. The van der Waals surface area contributed by atoms with E-state index in [-0.39, 0.29) is 22.7 Å². The van der Waals surface area contributed by atoms with E-state index in [1.807, 2.05) is 6.26 Å². The molecule has 1 N–H and O–H groups in total. The van der Waals surface area contributed by atoms with E-state index in [9.17, 15) is 4.79 Å². The molecule has 1 aromatic heterocycles. The molecule has 0 aromatic carbocycles. The predicted octanol–water partition coefficient (Wildman–Crippen LogP) is 1.94. The maximum atomic E-state index is 12.3. The van der Waals surface area contributed by atoms with E-state index < -0.39 is 0 Å². The molecule has 1 aromatic rings. The highest BCUT2D eigenvalue weighted by atomic mass is 35.5. The van der Waals surface area contributed by atoms with E-state index >= 15 is 0 Å². The van der Waals surface area contributed by atoms with E-state index in [2.05, 4.69) is 34.0 Å². The molecule has 23 heavy (non-hydrogen) atoms. The Balaban J connectivity index is 1.89. The Kier molecular flexibility index (Phi) is 7.08. The third-order valence-electron chi connectivity index (χ3n) is 3.46. The van der Waals surface area contributed by atoms with Gasteiger partial charge in [-0.2, -0.15) is 0 Å². The van der Waals surface area contributed by atoms with Gasteiger partial charge in [0.2, 0.25) is 0 Å². The second-order valence-corrected chi connectivity index (χ2v) is 7.09. The van der Waals surface area contributed by atoms with Crippen LogP contribution in [0.3, 0.4) is 0 Å². The second kappa shape index (κ2) is 8.82. The number of halogens is 1. The Hall–Kier alpha value is -0.890. The number of ether oxygens (including phenoxy) is 1. The number of hydrogen-bond donors (Lipinski definition) is 1. The van der Waals surface area contributed by atoms with Gasteiger partial charge in [0.15, 0.2) is 10.9 Å². The largest absolute Gasteiger partial charge is 0.374 e. The molecule has 1 fully saturated rings. The van der Waals surface area contributed by atoms with Crippen molar-refractivity contribution >= 4 is 29.3 Å². The number of thioether (sulfide) groups is 1. The summed E-state index contributed by atoms with van der Waals surface area (Å²) in [5.74, 6) is 0.324. The number of morpholine rings is 1. The van der Waals surface area contributed by atoms with E-state index in [4.69, 9.17) is 16.3 Å². The molecule has 0 saturated carbocycles.